The van der Waals surface area contributed by atoms with Crippen molar-refractivity contribution in [1.82, 2.24) is 10.6 Å². The van der Waals surface area contributed by atoms with Gasteiger partial charge in [-0.05, 0) is 0 Å². The summed E-state index contributed by atoms with van der Waals surface area (Å²) in [5.41, 5.74) is 0. The lowest BCUT2D eigenvalue weighted by Gasteiger charge is -2.00. The zero-order valence-corrected chi connectivity index (χ0v) is 5.30. The molecule has 5 heteroatoms. The number of nitrogens with zero attached hydrogens (tertiary/aromatic N) is 1. The van der Waals surface area contributed by atoms with E-state index in [1.165, 1.54) is 7.05 Å². The van der Waals surface area contributed by atoms with Crippen LogP contribution in [0.3, 0.4) is 0 Å². The van der Waals surface area contributed by atoms with Gasteiger partial charge in [-0.3, -0.25) is 10.3 Å². The van der Waals surface area contributed by atoms with Gasteiger partial charge in [0.1, 0.15) is 0 Å². The molecule has 0 fully saturated rings. The van der Waals surface area contributed by atoms with Gasteiger partial charge < -0.3 is 10.4 Å². The van der Waals surface area contributed by atoms with E-state index in [1.54, 1.807) is 7.05 Å². The number of hydrogen-bond donors (Lipinski definition) is 3. The Labute approximate surface area is 52.8 Å². The maximum absolute atomic E-state index is 9.90. The van der Waals surface area contributed by atoms with Gasteiger partial charge in [-0.2, -0.15) is 0 Å². The fraction of sp³-hybridized carbons (Fsp3) is 0.500. The van der Waals surface area contributed by atoms with Gasteiger partial charge in [0.15, 0.2) is 5.96 Å². The molecular formula is C4H9N3O2. The summed E-state index contributed by atoms with van der Waals surface area (Å²) in [6, 6.07) is 0. The molecule has 0 atom stereocenters. The van der Waals surface area contributed by atoms with Crippen molar-refractivity contribution in [3.63, 3.8) is 0 Å². The number of carboxylic acid groups (broad SMARTS) is 1. The van der Waals surface area contributed by atoms with Gasteiger partial charge in [0, 0.05) is 14.1 Å². The van der Waals surface area contributed by atoms with Crippen LogP contribution in [-0.2, 0) is 0 Å². The summed E-state index contributed by atoms with van der Waals surface area (Å²) in [5, 5.41) is 12.7. The lowest BCUT2D eigenvalue weighted by Crippen LogP contribution is -2.37. The first-order valence-electron chi connectivity index (χ1n) is 2.35. The second-order valence-corrected chi connectivity index (χ2v) is 1.25. The molecular weight excluding hydrogens is 122 g/mol. The first-order chi connectivity index (χ1) is 4.20. The first kappa shape index (κ1) is 7.74. The smallest absolute Gasteiger partial charge is 0.411 e. The molecule has 0 aliphatic heterocycles. The Balaban J connectivity index is 3.71. The molecule has 52 valence electrons. The van der Waals surface area contributed by atoms with Gasteiger partial charge in [0.05, 0.1) is 0 Å². The van der Waals surface area contributed by atoms with E-state index in [2.05, 4.69) is 10.3 Å². The third kappa shape index (κ3) is 3.33. The van der Waals surface area contributed by atoms with Gasteiger partial charge in [-0.15, -0.1) is 0 Å². The predicted octanol–water partition coefficient (Wildman–Crippen LogP) is -0.541. The number of aliphatic imine (C=N–C) groups is 1. The number of carbonyl (C=O) groups is 1. The Kier molecular flexibility index (Phi) is 3.19. The molecule has 0 bridgehead atoms. The molecule has 0 radical (unpaired) electrons. The molecule has 0 heterocycles. The Hall–Kier alpha value is -1.26. The quantitative estimate of drug-likeness (QED) is 0.305. The van der Waals surface area contributed by atoms with Crippen LogP contribution < -0.4 is 10.6 Å². The summed E-state index contributed by atoms with van der Waals surface area (Å²) in [4.78, 5) is 13.5. The number of nitrogens with one attached hydrogen (secondary N) is 2. The summed E-state index contributed by atoms with van der Waals surface area (Å²) in [6.07, 6.45) is -1.12. The highest BCUT2D eigenvalue weighted by molar-refractivity contribution is 5.92. The van der Waals surface area contributed by atoms with Crippen LogP contribution in [0.15, 0.2) is 4.99 Å². The maximum atomic E-state index is 9.90. The van der Waals surface area contributed by atoms with Gasteiger partial charge >= 0.3 is 6.09 Å². The van der Waals surface area contributed by atoms with Crippen LogP contribution >= 0.6 is 0 Å². The number of rotatable bonds is 0. The molecule has 0 saturated carbocycles. The summed E-state index contributed by atoms with van der Waals surface area (Å²) in [5.74, 6) is 0.238. The second-order valence-electron chi connectivity index (χ2n) is 1.25. The molecule has 0 aromatic heterocycles. The molecule has 0 saturated heterocycles. The highest BCUT2D eigenvalue weighted by atomic mass is 16.4. The SMILES string of the molecule is CN=C(NC)NC(=O)O. The van der Waals surface area contributed by atoms with E-state index in [4.69, 9.17) is 5.11 Å². The van der Waals surface area contributed by atoms with E-state index in [0.29, 0.717) is 0 Å². The second kappa shape index (κ2) is 3.71. The molecule has 0 aromatic rings. The predicted molar refractivity (Wildman–Crippen MR) is 33.6 cm³/mol. The average Bonchev–Trinajstić information content (AvgIpc) is 1.82. The fourth-order valence-corrected chi connectivity index (χ4v) is 0.331. The van der Waals surface area contributed by atoms with Crippen molar-refractivity contribution in [3.8, 4) is 0 Å². The summed E-state index contributed by atoms with van der Waals surface area (Å²) >= 11 is 0. The molecule has 0 rings (SSSR count). The zero-order valence-electron chi connectivity index (χ0n) is 5.30. The number of hydrogen-bond acceptors (Lipinski definition) is 2. The Morgan fingerprint density at radius 2 is 2.22 bits per heavy atom. The summed E-state index contributed by atoms with van der Waals surface area (Å²) < 4.78 is 0. The van der Waals surface area contributed by atoms with E-state index >= 15 is 0 Å². The molecule has 0 spiro atoms. The molecule has 1 amide bonds. The van der Waals surface area contributed by atoms with Crippen molar-refractivity contribution < 1.29 is 9.90 Å². The van der Waals surface area contributed by atoms with Crippen LogP contribution in [0.5, 0.6) is 0 Å². The van der Waals surface area contributed by atoms with E-state index in [-0.39, 0.29) is 5.96 Å². The molecule has 0 aromatic carbocycles. The van der Waals surface area contributed by atoms with Gasteiger partial charge in [-0.1, -0.05) is 0 Å². The summed E-state index contributed by atoms with van der Waals surface area (Å²) in [6.45, 7) is 0. The third-order valence-electron chi connectivity index (χ3n) is 0.686. The van der Waals surface area contributed by atoms with Crippen molar-refractivity contribution in [2.45, 2.75) is 0 Å². The highest BCUT2D eigenvalue weighted by Crippen LogP contribution is 1.63. The largest absolute Gasteiger partial charge is 0.465 e. The van der Waals surface area contributed by atoms with Crippen molar-refractivity contribution >= 4 is 12.1 Å². The minimum absolute atomic E-state index is 0.238. The lowest BCUT2D eigenvalue weighted by atomic mass is 10.9. The van der Waals surface area contributed by atoms with Crippen molar-refractivity contribution in [2.24, 2.45) is 4.99 Å². The van der Waals surface area contributed by atoms with Gasteiger partial charge in [0.25, 0.3) is 0 Å². The minimum atomic E-state index is -1.12. The highest BCUT2D eigenvalue weighted by Gasteiger charge is 1.96. The van der Waals surface area contributed by atoms with Crippen LogP contribution in [0.2, 0.25) is 0 Å². The first-order valence-corrected chi connectivity index (χ1v) is 2.35. The lowest BCUT2D eigenvalue weighted by molar-refractivity contribution is 0.200. The van der Waals surface area contributed by atoms with E-state index in [0.717, 1.165) is 0 Å². The Morgan fingerprint density at radius 3 is 2.33 bits per heavy atom. The molecule has 9 heavy (non-hydrogen) atoms. The van der Waals surface area contributed by atoms with E-state index in [1.807, 2.05) is 5.32 Å². The van der Waals surface area contributed by atoms with Crippen LogP contribution in [0.4, 0.5) is 4.79 Å². The molecule has 5 nitrogen and oxygen atoms in total. The minimum Gasteiger partial charge on any atom is -0.465 e. The van der Waals surface area contributed by atoms with Crippen molar-refractivity contribution in [3.05, 3.63) is 0 Å². The fourth-order valence-electron chi connectivity index (χ4n) is 0.331. The number of guanidine groups is 1. The van der Waals surface area contributed by atoms with Crippen LogP contribution in [0.1, 0.15) is 0 Å². The molecule has 0 aliphatic rings. The zero-order chi connectivity index (χ0) is 7.28. The molecule has 0 aliphatic carbocycles. The standard InChI is InChI=1S/C4H9N3O2/c1-5-3(6-2)7-4(8)9/h1-2H3,(H,8,9)(H2,5,6,7). The average molecular weight is 131 g/mol. The Bertz CT molecular complexity index is 132. The molecule has 0 unspecified atom stereocenters. The molecule has 3 N–H and O–H groups in total. The van der Waals surface area contributed by atoms with Crippen molar-refractivity contribution in [2.75, 3.05) is 14.1 Å². The van der Waals surface area contributed by atoms with E-state index in [9.17, 15) is 4.79 Å². The third-order valence-corrected chi connectivity index (χ3v) is 0.686. The summed E-state index contributed by atoms with van der Waals surface area (Å²) in [7, 11) is 3.07. The van der Waals surface area contributed by atoms with Gasteiger partial charge in [-0.25, -0.2) is 4.79 Å². The van der Waals surface area contributed by atoms with Crippen LogP contribution in [0.25, 0.3) is 0 Å². The normalized spacial score (nSPS) is 10.7. The topological polar surface area (TPSA) is 73.7 Å². The van der Waals surface area contributed by atoms with Crippen molar-refractivity contribution in [1.29, 1.82) is 0 Å². The van der Waals surface area contributed by atoms with E-state index < -0.39 is 6.09 Å². The Morgan fingerprint density at radius 1 is 1.67 bits per heavy atom. The number of amides is 1. The van der Waals surface area contributed by atoms with Crippen LogP contribution in [-0.4, -0.2) is 31.3 Å². The van der Waals surface area contributed by atoms with Crippen LogP contribution in [0, 0.1) is 0 Å². The maximum Gasteiger partial charge on any atom is 0.411 e. The monoisotopic (exact) mass is 131 g/mol. The van der Waals surface area contributed by atoms with Gasteiger partial charge in [0.2, 0.25) is 0 Å².